The van der Waals surface area contributed by atoms with Crippen molar-refractivity contribution in [3.8, 4) is 11.5 Å². The summed E-state index contributed by atoms with van der Waals surface area (Å²) in [7, 11) is 0. The predicted octanol–water partition coefficient (Wildman–Crippen LogP) is 3.21. The number of carbonyl (C=O) groups is 2. The Hall–Kier alpha value is -3.22. The van der Waals surface area contributed by atoms with Crippen molar-refractivity contribution in [2.24, 2.45) is 5.92 Å². The third kappa shape index (κ3) is 5.19. The Balaban J connectivity index is 1.77. The van der Waals surface area contributed by atoms with Gasteiger partial charge in [-0.15, -0.1) is 6.58 Å². The number of hydrogen-bond donors (Lipinski definition) is 0. The van der Waals surface area contributed by atoms with E-state index in [1.54, 1.807) is 23.3 Å². The van der Waals surface area contributed by atoms with Crippen LogP contribution in [0.15, 0.2) is 53.7 Å². The van der Waals surface area contributed by atoms with Gasteiger partial charge in [-0.1, -0.05) is 26.0 Å². The molecule has 0 bridgehead atoms. The van der Waals surface area contributed by atoms with E-state index in [0.29, 0.717) is 36.9 Å². The second-order valence-electron chi connectivity index (χ2n) is 7.18. The highest BCUT2D eigenvalue weighted by Crippen LogP contribution is 2.33. The molecule has 1 aromatic heterocycles. The summed E-state index contributed by atoms with van der Waals surface area (Å²) in [6, 6.07) is 9.20. The highest BCUT2D eigenvalue weighted by Gasteiger charge is 2.24. The van der Waals surface area contributed by atoms with Crippen LogP contribution in [0.5, 0.6) is 11.5 Å². The van der Waals surface area contributed by atoms with E-state index >= 15 is 0 Å². The van der Waals surface area contributed by atoms with Gasteiger partial charge in [-0.25, -0.2) is 0 Å². The fourth-order valence-corrected chi connectivity index (χ4v) is 3.10. The van der Waals surface area contributed by atoms with E-state index in [1.807, 2.05) is 38.1 Å². The summed E-state index contributed by atoms with van der Waals surface area (Å²) in [5, 5.41) is 0. The van der Waals surface area contributed by atoms with Crippen molar-refractivity contribution in [3.63, 3.8) is 0 Å². The number of benzene rings is 1. The van der Waals surface area contributed by atoms with Gasteiger partial charge in [0.15, 0.2) is 11.5 Å². The molecule has 0 spiro atoms. The quantitative estimate of drug-likeness (QED) is 0.607. The summed E-state index contributed by atoms with van der Waals surface area (Å²) in [6.07, 6.45) is 3.20. The Morgan fingerprint density at radius 2 is 1.93 bits per heavy atom. The zero-order chi connectivity index (χ0) is 20.8. The first-order valence-corrected chi connectivity index (χ1v) is 9.56. The van der Waals surface area contributed by atoms with Crippen LogP contribution in [0.2, 0.25) is 0 Å². The molecule has 2 amide bonds. The van der Waals surface area contributed by atoms with Gasteiger partial charge >= 0.3 is 0 Å². The molecular formula is C22H26N2O5. The van der Waals surface area contributed by atoms with Gasteiger partial charge < -0.3 is 23.7 Å². The van der Waals surface area contributed by atoms with Crippen LogP contribution < -0.4 is 9.47 Å². The van der Waals surface area contributed by atoms with Gasteiger partial charge in [0.25, 0.3) is 0 Å². The van der Waals surface area contributed by atoms with Crippen LogP contribution in [0.4, 0.5) is 0 Å². The van der Waals surface area contributed by atoms with Crippen molar-refractivity contribution >= 4 is 11.8 Å². The topological polar surface area (TPSA) is 72.2 Å². The second-order valence-corrected chi connectivity index (χ2v) is 7.18. The average Bonchev–Trinajstić information content (AvgIpc) is 3.37. The van der Waals surface area contributed by atoms with Gasteiger partial charge in [0.2, 0.25) is 18.6 Å². The van der Waals surface area contributed by atoms with Crippen molar-refractivity contribution < 1.29 is 23.5 Å². The van der Waals surface area contributed by atoms with Crippen LogP contribution in [0.25, 0.3) is 0 Å². The monoisotopic (exact) mass is 398 g/mol. The maximum absolute atomic E-state index is 13.1. The van der Waals surface area contributed by atoms with Gasteiger partial charge in [-0.2, -0.15) is 0 Å². The number of ether oxygens (including phenoxy) is 2. The molecular weight excluding hydrogens is 372 g/mol. The van der Waals surface area contributed by atoms with Crippen molar-refractivity contribution in [3.05, 3.63) is 60.6 Å². The lowest BCUT2D eigenvalue weighted by molar-refractivity contribution is -0.142. The van der Waals surface area contributed by atoms with Crippen LogP contribution in [-0.4, -0.2) is 41.5 Å². The lowest BCUT2D eigenvalue weighted by atomic mass is 10.1. The SMILES string of the molecule is C=CCN(CC(=O)N(Cc1ccc2c(c1)OCO2)Cc1ccco1)C(=O)C(C)C. The van der Waals surface area contributed by atoms with E-state index in [9.17, 15) is 9.59 Å². The van der Waals surface area contributed by atoms with E-state index in [4.69, 9.17) is 13.9 Å². The Morgan fingerprint density at radius 1 is 1.14 bits per heavy atom. The first-order valence-electron chi connectivity index (χ1n) is 9.56. The normalized spacial score (nSPS) is 12.1. The zero-order valence-electron chi connectivity index (χ0n) is 16.8. The Morgan fingerprint density at radius 3 is 2.62 bits per heavy atom. The predicted molar refractivity (Wildman–Crippen MR) is 107 cm³/mol. The molecule has 0 aliphatic carbocycles. The van der Waals surface area contributed by atoms with Crippen LogP contribution in [0.1, 0.15) is 25.2 Å². The van der Waals surface area contributed by atoms with Gasteiger partial charge in [0, 0.05) is 19.0 Å². The van der Waals surface area contributed by atoms with Gasteiger partial charge in [-0.05, 0) is 29.8 Å². The number of carbonyl (C=O) groups excluding carboxylic acids is 2. The molecule has 29 heavy (non-hydrogen) atoms. The molecule has 0 radical (unpaired) electrons. The molecule has 0 N–H and O–H groups in total. The molecule has 3 rings (SSSR count). The van der Waals surface area contributed by atoms with E-state index in [0.717, 1.165) is 5.56 Å². The maximum atomic E-state index is 13.1. The molecule has 7 heteroatoms. The minimum Gasteiger partial charge on any atom is -0.467 e. The van der Waals surface area contributed by atoms with Crippen LogP contribution in [0.3, 0.4) is 0 Å². The highest BCUT2D eigenvalue weighted by atomic mass is 16.7. The molecule has 154 valence electrons. The molecule has 1 aliphatic rings. The molecule has 1 aromatic carbocycles. The fraction of sp³-hybridized carbons (Fsp3) is 0.364. The molecule has 0 unspecified atom stereocenters. The maximum Gasteiger partial charge on any atom is 0.242 e. The van der Waals surface area contributed by atoms with Crippen molar-refractivity contribution in [2.45, 2.75) is 26.9 Å². The number of hydrogen-bond acceptors (Lipinski definition) is 5. The average molecular weight is 398 g/mol. The lowest BCUT2D eigenvalue weighted by Crippen LogP contribution is -2.43. The lowest BCUT2D eigenvalue weighted by Gasteiger charge is -2.27. The summed E-state index contributed by atoms with van der Waals surface area (Å²) in [4.78, 5) is 28.8. The number of nitrogens with zero attached hydrogens (tertiary/aromatic N) is 2. The van der Waals surface area contributed by atoms with Crippen LogP contribution in [-0.2, 0) is 22.7 Å². The van der Waals surface area contributed by atoms with E-state index in [-0.39, 0.29) is 31.1 Å². The van der Waals surface area contributed by atoms with E-state index in [1.165, 1.54) is 4.90 Å². The van der Waals surface area contributed by atoms with Gasteiger partial charge in [-0.3, -0.25) is 9.59 Å². The van der Waals surface area contributed by atoms with Crippen LogP contribution in [0, 0.1) is 5.92 Å². The molecule has 0 fully saturated rings. The van der Waals surface area contributed by atoms with Crippen molar-refractivity contribution in [1.82, 2.24) is 9.80 Å². The molecule has 2 heterocycles. The van der Waals surface area contributed by atoms with Crippen molar-refractivity contribution in [1.29, 1.82) is 0 Å². The van der Waals surface area contributed by atoms with Crippen LogP contribution >= 0.6 is 0 Å². The third-order valence-corrected chi connectivity index (χ3v) is 4.57. The molecule has 7 nitrogen and oxygen atoms in total. The van der Waals surface area contributed by atoms with E-state index < -0.39 is 0 Å². The number of rotatable bonds is 9. The zero-order valence-corrected chi connectivity index (χ0v) is 16.8. The molecule has 0 saturated carbocycles. The highest BCUT2D eigenvalue weighted by molar-refractivity contribution is 5.85. The summed E-state index contributed by atoms with van der Waals surface area (Å²) in [5.74, 6) is 1.57. The first kappa shape index (κ1) is 20.5. The second kappa shape index (κ2) is 9.32. The third-order valence-electron chi connectivity index (χ3n) is 4.57. The Kier molecular flexibility index (Phi) is 6.59. The van der Waals surface area contributed by atoms with Gasteiger partial charge in [0.1, 0.15) is 12.3 Å². The van der Waals surface area contributed by atoms with Gasteiger partial charge in [0.05, 0.1) is 12.8 Å². The fourth-order valence-electron chi connectivity index (χ4n) is 3.10. The largest absolute Gasteiger partial charge is 0.467 e. The minimum absolute atomic E-state index is 0.0195. The first-order chi connectivity index (χ1) is 14.0. The number of furan rings is 1. The molecule has 2 aromatic rings. The molecule has 0 saturated heterocycles. The van der Waals surface area contributed by atoms with Crippen molar-refractivity contribution in [2.75, 3.05) is 19.9 Å². The molecule has 0 atom stereocenters. The Bertz CT molecular complexity index is 860. The minimum atomic E-state index is -0.199. The number of amides is 2. The number of fused-ring (bicyclic) bond motifs is 1. The summed E-state index contributed by atoms with van der Waals surface area (Å²) in [5.41, 5.74) is 0.902. The molecule has 1 aliphatic heterocycles. The van der Waals surface area contributed by atoms with E-state index in [2.05, 4.69) is 6.58 Å². The smallest absolute Gasteiger partial charge is 0.242 e. The summed E-state index contributed by atoms with van der Waals surface area (Å²) < 4.78 is 16.2. The summed E-state index contributed by atoms with van der Waals surface area (Å²) >= 11 is 0. The Labute approximate surface area is 170 Å². The summed E-state index contributed by atoms with van der Waals surface area (Å²) in [6.45, 7) is 8.48. The standard InChI is InChI=1S/C22H26N2O5/c1-4-9-23(22(26)16(2)3)14-21(25)24(13-18-6-5-10-27-18)12-17-7-8-19-20(11-17)29-15-28-19/h4-8,10-11,16H,1,9,12-15H2,2-3H3.